The second-order valence-corrected chi connectivity index (χ2v) is 7.34. The molecule has 2 amide bonds. The van der Waals surface area contributed by atoms with Gasteiger partial charge in [-0.1, -0.05) is 30.3 Å². The fourth-order valence-corrected chi connectivity index (χ4v) is 3.37. The van der Waals surface area contributed by atoms with E-state index >= 15 is 0 Å². The number of rotatable bonds is 5. The summed E-state index contributed by atoms with van der Waals surface area (Å²) < 4.78 is 5.87. The first-order valence-corrected chi connectivity index (χ1v) is 9.53. The van der Waals surface area contributed by atoms with Gasteiger partial charge in [0.25, 0.3) is 5.91 Å². The molecule has 1 aliphatic carbocycles. The number of nitrogens with one attached hydrogen (secondary N) is 1. The van der Waals surface area contributed by atoms with Crippen molar-refractivity contribution in [3.8, 4) is 5.75 Å². The van der Waals surface area contributed by atoms with E-state index in [1.807, 2.05) is 41.3 Å². The van der Waals surface area contributed by atoms with Gasteiger partial charge < -0.3 is 15.0 Å². The zero-order valence-electron chi connectivity index (χ0n) is 15.5. The largest absolute Gasteiger partial charge is 0.481 e. The molecule has 0 saturated heterocycles. The van der Waals surface area contributed by atoms with Crippen molar-refractivity contribution in [3.05, 3.63) is 59.7 Å². The molecule has 5 heteroatoms. The topological polar surface area (TPSA) is 58.6 Å². The third-order valence-corrected chi connectivity index (χ3v) is 5.11. The Bertz CT molecular complexity index is 846. The van der Waals surface area contributed by atoms with E-state index in [0.717, 1.165) is 30.5 Å². The van der Waals surface area contributed by atoms with Gasteiger partial charge >= 0.3 is 0 Å². The first-order valence-electron chi connectivity index (χ1n) is 9.53. The summed E-state index contributed by atoms with van der Waals surface area (Å²) in [6.07, 6.45) is 2.22. The first kappa shape index (κ1) is 17.6. The van der Waals surface area contributed by atoms with E-state index in [1.54, 1.807) is 6.92 Å². The Morgan fingerprint density at radius 1 is 1.19 bits per heavy atom. The normalized spacial score (nSPS) is 19.1. The predicted molar refractivity (Wildman–Crippen MR) is 103 cm³/mol. The van der Waals surface area contributed by atoms with E-state index in [1.165, 1.54) is 5.56 Å². The molecule has 0 aromatic heterocycles. The summed E-state index contributed by atoms with van der Waals surface area (Å²) in [5.41, 5.74) is 2.89. The molecule has 1 atom stereocenters. The zero-order valence-corrected chi connectivity index (χ0v) is 15.5. The van der Waals surface area contributed by atoms with Gasteiger partial charge in [0.2, 0.25) is 5.91 Å². The molecule has 0 unspecified atom stereocenters. The number of nitrogens with zero attached hydrogens (tertiary/aromatic N) is 1. The molecule has 140 valence electrons. The van der Waals surface area contributed by atoms with Crippen molar-refractivity contribution in [2.45, 2.75) is 38.8 Å². The Balaban J connectivity index is 1.51. The maximum atomic E-state index is 12.7. The molecule has 5 nitrogen and oxygen atoms in total. The van der Waals surface area contributed by atoms with Gasteiger partial charge in [-0.2, -0.15) is 0 Å². The van der Waals surface area contributed by atoms with E-state index in [2.05, 4.69) is 17.4 Å². The number of hydrogen-bond donors (Lipinski definition) is 1. The van der Waals surface area contributed by atoms with Crippen LogP contribution in [0.2, 0.25) is 0 Å². The quantitative estimate of drug-likeness (QED) is 0.885. The number of anilines is 1. The van der Waals surface area contributed by atoms with Crippen molar-refractivity contribution in [3.63, 3.8) is 0 Å². The van der Waals surface area contributed by atoms with Crippen LogP contribution in [0.15, 0.2) is 48.5 Å². The van der Waals surface area contributed by atoms with Crippen LogP contribution in [0.4, 0.5) is 5.69 Å². The van der Waals surface area contributed by atoms with E-state index < -0.39 is 6.10 Å². The van der Waals surface area contributed by atoms with Crippen molar-refractivity contribution >= 4 is 17.5 Å². The molecule has 1 heterocycles. The summed E-state index contributed by atoms with van der Waals surface area (Å²) in [4.78, 5) is 26.6. The summed E-state index contributed by atoms with van der Waals surface area (Å²) in [6, 6.07) is 15.8. The number of hydrogen-bond acceptors (Lipinski definition) is 3. The van der Waals surface area contributed by atoms with Crippen molar-refractivity contribution in [1.29, 1.82) is 0 Å². The number of carbonyl (C=O) groups is 2. The van der Waals surface area contributed by atoms with Crippen LogP contribution in [0.25, 0.3) is 0 Å². The SMILES string of the molecule is C[C@@H]1Oc2ccc(NC(=O)C3CC3)cc2CN(CCc2ccccc2)C1=O. The molecule has 1 aliphatic heterocycles. The predicted octanol–water partition coefficient (Wildman–Crippen LogP) is 3.39. The summed E-state index contributed by atoms with van der Waals surface area (Å²) in [5, 5.41) is 2.97. The monoisotopic (exact) mass is 364 g/mol. The van der Waals surface area contributed by atoms with E-state index in [4.69, 9.17) is 4.74 Å². The molecular formula is C22H24N2O3. The molecule has 1 N–H and O–H groups in total. The maximum absolute atomic E-state index is 12.7. The van der Waals surface area contributed by atoms with E-state index in [-0.39, 0.29) is 17.7 Å². The lowest BCUT2D eigenvalue weighted by atomic mass is 10.1. The highest BCUT2D eigenvalue weighted by molar-refractivity contribution is 5.94. The zero-order chi connectivity index (χ0) is 18.8. The fourth-order valence-electron chi connectivity index (χ4n) is 3.37. The average molecular weight is 364 g/mol. The average Bonchev–Trinajstić information content (AvgIpc) is 3.52. The molecule has 0 bridgehead atoms. The van der Waals surface area contributed by atoms with Crippen LogP contribution in [0.1, 0.15) is 30.9 Å². The number of ether oxygens (including phenoxy) is 1. The third kappa shape index (κ3) is 4.13. The van der Waals surface area contributed by atoms with Gasteiger partial charge in [0, 0.05) is 30.3 Å². The highest BCUT2D eigenvalue weighted by atomic mass is 16.5. The van der Waals surface area contributed by atoms with Crippen LogP contribution in [0, 0.1) is 5.92 Å². The number of benzene rings is 2. The minimum Gasteiger partial charge on any atom is -0.481 e. The highest BCUT2D eigenvalue weighted by Crippen LogP contribution is 2.32. The van der Waals surface area contributed by atoms with Gasteiger partial charge in [0.1, 0.15) is 5.75 Å². The fraction of sp³-hybridized carbons (Fsp3) is 0.364. The van der Waals surface area contributed by atoms with Crippen molar-refractivity contribution in [2.75, 3.05) is 11.9 Å². The lowest BCUT2D eigenvalue weighted by Crippen LogP contribution is -2.39. The Kier molecular flexibility index (Phi) is 4.84. The molecule has 0 radical (unpaired) electrons. The molecular weight excluding hydrogens is 340 g/mol. The van der Waals surface area contributed by atoms with Gasteiger partial charge in [0.05, 0.1) is 0 Å². The highest BCUT2D eigenvalue weighted by Gasteiger charge is 2.30. The lowest BCUT2D eigenvalue weighted by Gasteiger charge is -2.22. The molecule has 1 fully saturated rings. The Morgan fingerprint density at radius 3 is 2.70 bits per heavy atom. The second-order valence-electron chi connectivity index (χ2n) is 7.34. The van der Waals surface area contributed by atoms with Crippen LogP contribution in [0.5, 0.6) is 5.75 Å². The van der Waals surface area contributed by atoms with Gasteiger partial charge in [-0.3, -0.25) is 9.59 Å². The van der Waals surface area contributed by atoms with Crippen LogP contribution in [-0.4, -0.2) is 29.4 Å². The minimum absolute atomic E-state index is 0.00861. The minimum atomic E-state index is -0.520. The van der Waals surface area contributed by atoms with Crippen molar-refractivity contribution in [1.82, 2.24) is 4.90 Å². The number of amides is 2. The van der Waals surface area contributed by atoms with Crippen LogP contribution >= 0.6 is 0 Å². The third-order valence-electron chi connectivity index (χ3n) is 5.11. The molecule has 2 aliphatic rings. The number of carbonyl (C=O) groups excluding carboxylic acids is 2. The Labute approximate surface area is 159 Å². The summed E-state index contributed by atoms with van der Waals surface area (Å²) >= 11 is 0. The first-order chi connectivity index (χ1) is 13.1. The van der Waals surface area contributed by atoms with Crippen LogP contribution < -0.4 is 10.1 Å². The van der Waals surface area contributed by atoms with Crippen LogP contribution in [-0.2, 0) is 22.6 Å². The van der Waals surface area contributed by atoms with Gasteiger partial charge in [-0.25, -0.2) is 0 Å². The van der Waals surface area contributed by atoms with Crippen molar-refractivity contribution in [2.24, 2.45) is 5.92 Å². The molecule has 1 saturated carbocycles. The smallest absolute Gasteiger partial charge is 0.263 e. The second kappa shape index (κ2) is 7.43. The van der Waals surface area contributed by atoms with Gasteiger partial charge in [-0.05, 0) is 49.9 Å². The molecule has 0 spiro atoms. The van der Waals surface area contributed by atoms with Gasteiger partial charge in [0.15, 0.2) is 6.10 Å². The van der Waals surface area contributed by atoms with Crippen LogP contribution in [0.3, 0.4) is 0 Å². The Morgan fingerprint density at radius 2 is 1.96 bits per heavy atom. The van der Waals surface area contributed by atoms with E-state index in [9.17, 15) is 9.59 Å². The summed E-state index contributed by atoms with van der Waals surface area (Å²) in [6.45, 7) is 2.91. The lowest BCUT2D eigenvalue weighted by molar-refractivity contribution is -0.137. The number of fused-ring (bicyclic) bond motifs is 1. The van der Waals surface area contributed by atoms with Crippen molar-refractivity contribution < 1.29 is 14.3 Å². The van der Waals surface area contributed by atoms with Gasteiger partial charge in [-0.15, -0.1) is 0 Å². The standard InChI is InChI=1S/C22H24N2O3/c1-15-22(26)24(12-11-16-5-3-2-4-6-16)14-18-13-19(9-10-20(18)27-15)23-21(25)17-7-8-17/h2-6,9-10,13,15,17H,7-8,11-12,14H2,1H3,(H,23,25)/t15-/m0/s1. The Hall–Kier alpha value is -2.82. The molecule has 4 rings (SSSR count). The maximum Gasteiger partial charge on any atom is 0.263 e. The summed E-state index contributed by atoms with van der Waals surface area (Å²) in [7, 11) is 0. The molecule has 27 heavy (non-hydrogen) atoms. The van der Waals surface area contributed by atoms with E-state index in [0.29, 0.717) is 18.8 Å². The molecule has 2 aromatic carbocycles. The summed E-state index contributed by atoms with van der Waals surface area (Å²) in [5.74, 6) is 0.937. The molecule has 2 aromatic rings.